The fourth-order valence-corrected chi connectivity index (χ4v) is 5.88. The molecule has 0 aliphatic carbocycles. The number of fused-ring (bicyclic) bond motifs is 3. The van der Waals surface area contributed by atoms with Crippen LogP contribution in [-0.4, -0.2) is 34.5 Å². The minimum Gasteiger partial charge on any atom is -0.341 e. The molecule has 3 aromatic rings. The van der Waals surface area contributed by atoms with E-state index in [-0.39, 0.29) is 17.2 Å². The van der Waals surface area contributed by atoms with Crippen LogP contribution < -0.4 is 14.5 Å². The van der Waals surface area contributed by atoms with E-state index in [2.05, 4.69) is 58.2 Å². The van der Waals surface area contributed by atoms with E-state index in [0.29, 0.717) is 19.5 Å². The van der Waals surface area contributed by atoms with Crippen LogP contribution in [0.1, 0.15) is 23.1 Å². The Balaban J connectivity index is 1.29. The van der Waals surface area contributed by atoms with E-state index in [1.165, 1.54) is 22.5 Å². The summed E-state index contributed by atoms with van der Waals surface area (Å²) in [6.45, 7) is 1.04. The van der Waals surface area contributed by atoms with Crippen molar-refractivity contribution in [3.8, 4) is 0 Å². The van der Waals surface area contributed by atoms with Gasteiger partial charge < -0.3 is 9.80 Å². The first-order valence-electron chi connectivity index (χ1n) is 11.3. The summed E-state index contributed by atoms with van der Waals surface area (Å²) in [6, 6.07) is 21.8. The Labute approximate surface area is 194 Å². The molecule has 0 fully saturated rings. The Bertz CT molecular complexity index is 1270. The van der Waals surface area contributed by atoms with Crippen LogP contribution in [0.4, 0.5) is 17.1 Å². The van der Waals surface area contributed by atoms with Crippen LogP contribution >= 0.6 is 0 Å². The topological polar surface area (TPSA) is 69.7 Å². The van der Waals surface area contributed by atoms with Gasteiger partial charge in [-0.1, -0.05) is 36.4 Å². The van der Waals surface area contributed by atoms with Crippen molar-refractivity contribution in [2.45, 2.75) is 30.6 Å². The largest absolute Gasteiger partial charge is 0.341 e. The van der Waals surface area contributed by atoms with Crippen LogP contribution in [0.3, 0.4) is 0 Å². The van der Waals surface area contributed by atoms with Gasteiger partial charge in [-0.15, -0.1) is 0 Å². The maximum Gasteiger partial charge on any atom is 0.240 e. The maximum atomic E-state index is 12.9. The molecule has 0 saturated carbocycles. The lowest BCUT2D eigenvalue weighted by Gasteiger charge is -2.27. The van der Waals surface area contributed by atoms with Crippen molar-refractivity contribution in [1.29, 1.82) is 0 Å². The summed E-state index contributed by atoms with van der Waals surface area (Å²) in [5.74, 6) is -0.0227. The third kappa shape index (κ3) is 4.14. The average molecular weight is 462 g/mol. The molecule has 1 amide bonds. The van der Waals surface area contributed by atoms with Crippen molar-refractivity contribution >= 4 is 33.0 Å². The van der Waals surface area contributed by atoms with Gasteiger partial charge in [0, 0.05) is 37.2 Å². The molecule has 0 atom stereocenters. The quantitative estimate of drug-likeness (QED) is 0.567. The molecule has 0 saturated heterocycles. The normalized spacial score (nSPS) is 15.1. The molecule has 0 bridgehead atoms. The zero-order valence-electron chi connectivity index (χ0n) is 18.6. The summed E-state index contributed by atoms with van der Waals surface area (Å²) in [5.41, 5.74) is 6.54. The number of carbonyl (C=O) groups is 1. The zero-order valence-corrected chi connectivity index (χ0v) is 19.4. The standard InChI is InChI=1S/C26H27N3O3S/c1-28-23-14-13-22(17-21(23)18-26(28)30)33(31,32)27-15-6-16-29-24-9-4-2-7-19(24)11-12-20-8-3-5-10-25(20)29/h2-5,7-10,13-14,17,27H,6,11-12,15-16,18H2,1H3. The van der Waals surface area contributed by atoms with Crippen LogP contribution in [0, 0.1) is 0 Å². The molecular formula is C26H27N3O3S. The number of hydrogen-bond donors (Lipinski definition) is 1. The van der Waals surface area contributed by atoms with E-state index in [1.54, 1.807) is 30.1 Å². The number of sulfonamides is 1. The lowest BCUT2D eigenvalue weighted by molar-refractivity contribution is -0.117. The number of aryl methyl sites for hydroxylation is 2. The molecule has 2 heterocycles. The van der Waals surface area contributed by atoms with Crippen molar-refractivity contribution in [1.82, 2.24) is 4.72 Å². The number of nitrogens with one attached hydrogen (secondary N) is 1. The summed E-state index contributed by atoms with van der Waals surface area (Å²) in [6.07, 6.45) is 2.88. The number of likely N-dealkylation sites (N-methyl/N-ethyl adjacent to an activating group) is 1. The number of carbonyl (C=O) groups excluding carboxylic acids is 1. The Hall–Kier alpha value is -3.16. The van der Waals surface area contributed by atoms with Crippen LogP contribution in [-0.2, 0) is 34.1 Å². The van der Waals surface area contributed by atoms with Gasteiger partial charge >= 0.3 is 0 Å². The Kier molecular flexibility index (Phi) is 5.68. The molecule has 1 N–H and O–H groups in total. The molecule has 6 nitrogen and oxygen atoms in total. The highest BCUT2D eigenvalue weighted by Crippen LogP contribution is 2.36. The van der Waals surface area contributed by atoms with Gasteiger partial charge in [-0.3, -0.25) is 4.79 Å². The van der Waals surface area contributed by atoms with Crippen LogP contribution in [0.5, 0.6) is 0 Å². The van der Waals surface area contributed by atoms with E-state index in [9.17, 15) is 13.2 Å². The number of benzene rings is 3. The van der Waals surface area contributed by atoms with Gasteiger partial charge in [-0.25, -0.2) is 13.1 Å². The highest BCUT2D eigenvalue weighted by Gasteiger charge is 2.26. The van der Waals surface area contributed by atoms with Crippen LogP contribution in [0.25, 0.3) is 0 Å². The second-order valence-electron chi connectivity index (χ2n) is 8.58. The summed E-state index contributed by atoms with van der Waals surface area (Å²) in [4.78, 5) is 16.0. The monoisotopic (exact) mass is 461 g/mol. The van der Waals surface area contributed by atoms with E-state index >= 15 is 0 Å². The maximum absolute atomic E-state index is 12.9. The third-order valence-electron chi connectivity index (χ3n) is 6.52. The number of para-hydroxylation sites is 2. The molecule has 0 spiro atoms. The van der Waals surface area contributed by atoms with Gasteiger partial charge in [0.15, 0.2) is 0 Å². The Morgan fingerprint density at radius 2 is 1.48 bits per heavy atom. The molecule has 0 aromatic heterocycles. The van der Waals surface area contributed by atoms with E-state index in [1.807, 2.05) is 0 Å². The number of amides is 1. The van der Waals surface area contributed by atoms with Crippen molar-refractivity contribution in [2.24, 2.45) is 0 Å². The first-order chi connectivity index (χ1) is 15.9. The zero-order chi connectivity index (χ0) is 23.0. The molecule has 2 aliphatic heterocycles. The minimum atomic E-state index is -3.65. The smallest absolute Gasteiger partial charge is 0.240 e. The molecule has 2 aliphatic rings. The third-order valence-corrected chi connectivity index (χ3v) is 7.98. The lowest BCUT2D eigenvalue weighted by atomic mass is 10.0. The second kappa shape index (κ2) is 8.65. The van der Waals surface area contributed by atoms with Crippen molar-refractivity contribution in [3.63, 3.8) is 0 Å². The van der Waals surface area contributed by atoms with Crippen molar-refractivity contribution in [2.75, 3.05) is 29.9 Å². The first-order valence-corrected chi connectivity index (χ1v) is 12.7. The molecule has 0 radical (unpaired) electrons. The molecule has 7 heteroatoms. The van der Waals surface area contributed by atoms with E-state index in [4.69, 9.17) is 0 Å². The number of anilines is 3. The fraction of sp³-hybridized carbons (Fsp3) is 0.269. The van der Waals surface area contributed by atoms with Gasteiger partial charge in [0.25, 0.3) is 0 Å². The molecule has 0 unspecified atom stereocenters. The predicted molar refractivity (Wildman–Crippen MR) is 131 cm³/mol. The van der Waals surface area contributed by atoms with E-state index < -0.39 is 10.0 Å². The number of hydrogen-bond acceptors (Lipinski definition) is 4. The summed E-state index contributed by atoms with van der Waals surface area (Å²) in [7, 11) is -1.94. The van der Waals surface area contributed by atoms with Gasteiger partial charge in [0.1, 0.15) is 0 Å². The molecule has 3 aromatic carbocycles. The van der Waals surface area contributed by atoms with Gasteiger partial charge in [0.2, 0.25) is 15.9 Å². The fourth-order valence-electron chi connectivity index (χ4n) is 4.75. The average Bonchev–Trinajstić information content (AvgIpc) is 3.01. The highest BCUT2D eigenvalue weighted by atomic mass is 32.2. The van der Waals surface area contributed by atoms with Crippen LogP contribution in [0.15, 0.2) is 71.6 Å². The van der Waals surface area contributed by atoms with Gasteiger partial charge in [-0.05, 0) is 66.3 Å². The minimum absolute atomic E-state index is 0.0227. The number of rotatable bonds is 6. The SMILES string of the molecule is CN1C(=O)Cc2cc(S(=O)(=O)NCCCN3c4ccccc4CCc4ccccc43)ccc21. The first kappa shape index (κ1) is 21.7. The van der Waals surface area contributed by atoms with Gasteiger partial charge in [0.05, 0.1) is 11.3 Å². The predicted octanol–water partition coefficient (Wildman–Crippen LogP) is 3.81. The summed E-state index contributed by atoms with van der Waals surface area (Å²) < 4.78 is 28.5. The van der Waals surface area contributed by atoms with Crippen molar-refractivity contribution < 1.29 is 13.2 Å². The lowest BCUT2D eigenvalue weighted by Crippen LogP contribution is -2.28. The second-order valence-corrected chi connectivity index (χ2v) is 10.3. The molecule has 5 rings (SSSR count). The molecule has 33 heavy (non-hydrogen) atoms. The summed E-state index contributed by atoms with van der Waals surface area (Å²) >= 11 is 0. The van der Waals surface area contributed by atoms with E-state index in [0.717, 1.165) is 24.1 Å². The number of nitrogens with zero attached hydrogens (tertiary/aromatic N) is 2. The highest BCUT2D eigenvalue weighted by molar-refractivity contribution is 7.89. The molecular weight excluding hydrogens is 434 g/mol. The summed E-state index contributed by atoms with van der Waals surface area (Å²) in [5, 5.41) is 0. The molecule has 170 valence electrons. The van der Waals surface area contributed by atoms with Crippen molar-refractivity contribution in [3.05, 3.63) is 83.4 Å². The van der Waals surface area contributed by atoms with Gasteiger partial charge in [-0.2, -0.15) is 0 Å². The van der Waals surface area contributed by atoms with Crippen LogP contribution in [0.2, 0.25) is 0 Å². The Morgan fingerprint density at radius 3 is 2.15 bits per heavy atom. The Morgan fingerprint density at radius 1 is 0.848 bits per heavy atom.